The Balaban J connectivity index is 1.32. The van der Waals surface area contributed by atoms with E-state index >= 15 is 0 Å². The van der Waals surface area contributed by atoms with Gasteiger partial charge in [0.25, 0.3) is 5.91 Å². The third-order valence-electron chi connectivity index (χ3n) is 5.70. The minimum atomic E-state index is -1.14. The second kappa shape index (κ2) is 7.81. The summed E-state index contributed by atoms with van der Waals surface area (Å²) in [7, 11) is 0. The number of carbonyl (C=O) groups excluding carboxylic acids is 1. The molecule has 0 radical (unpaired) electrons. The predicted octanol–water partition coefficient (Wildman–Crippen LogP) is 4.49. The van der Waals surface area contributed by atoms with Crippen molar-refractivity contribution >= 4 is 16.8 Å². The average Bonchev–Trinajstić information content (AvgIpc) is 3.13. The summed E-state index contributed by atoms with van der Waals surface area (Å²) in [6.45, 7) is 2.51. The molecule has 152 valence electrons. The summed E-state index contributed by atoms with van der Waals surface area (Å²) in [6, 6.07) is 8.28. The van der Waals surface area contributed by atoms with E-state index in [1.54, 1.807) is 0 Å². The number of hydrogen-bond acceptors (Lipinski definition) is 3. The molecule has 5 nitrogen and oxygen atoms in total. The molecule has 4 rings (SSSR count). The number of halogens is 2. The van der Waals surface area contributed by atoms with E-state index in [9.17, 15) is 13.6 Å². The van der Waals surface area contributed by atoms with Crippen molar-refractivity contribution < 1.29 is 18.7 Å². The number of amides is 1. The molecule has 1 aliphatic rings. The highest BCUT2D eigenvalue weighted by Crippen LogP contribution is 2.32. The Morgan fingerprint density at radius 3 is 2.55 bits per heavy atom. The van der Waals surface area contributed by atoms with Gasteiger partial charge in [-0.05, 0) is 62.3 Å². The number of phenols is 1. The number of benzene rings is 2. The number of phenolic OH excluding ortho intramolecular Hbond substituents is 1. The number of carbonyl (C=O) groups is 1. The molecule has 1 heterocycles. The van der Waals surface area contributed by atoms with Crippen molar-refractivity contribution in [2.75, 3.05) is 6.54 Å². The van der Waals surface area contributed by atoms with Gasteiger partial charge in [-0.1, -0.05) is 12.1 Å². The smallest absolute Gasteiger partial charge is 0.251 e. The molecule has 0 atom stereocenters. The molecule has 0 saturated heterocycles. The van der Waals surface area contributed by atoms with Gasteiger partial charge in [0.15, 0.2) is 17.4 Å². The van der Waals surface area contributed by atoms with Crippen LogP contribution in [0.15, 0.2) is 36.5 Å². The highest BCUT2D eigenvalue weighted by molar-refractivity contribution is 5.94. The Morgan fingerprint density at radius 2 is 1.86 bits per heavy atom. The molecule has 0 aliphatic heterocycles. The zero-order chi connectivity index (χ0) is 20.5. The Labute approximate surface area is 167 Å². The van der Waals surface area contributed by atoms with Crippen LogP contribution in [-0.2, 0) is 0 Å². The van der Waals surface area contributed by atoms with Gasteiger partial charge in [-0.3, -0.25) is 9.48 Å². The van der Waals surface area contributed by atoms with Crippen molar-refractivity contribution in [3.05, 3.63) is 59.3 Å². The van der Waals surface area contributed by atoms with Crippen molar-refractivity contribution in [1.82, 2.24) is 15.1 Å². The summed E-state index contributed by atoms with van der Waals surface area (Å²) in [5.41, 5.74) is 2.06. The van der Waals surface area contributed by atoms with Crippen molar-refractivity contribution in [3.8, 4) is 5.75 Å². The van der Waals surface area contributed by atoms with E-state index in [1.165, 1.54) is 5.56 Å². The number of fused-ring (bicyclic) bond motifs is 1. The van der Waals surface area contributed by atoms with Gasteiger partial charge in [0.2, 0.25) is 0 Å². The van der Waals surface area contributed by atoms with E-state index in [0.717, 1.165) is 48.7 Å². The Hall–Kier alpha value is -2.96. The summed E-state index contributed by atoms with van der Waals surface area (Å²) in [4.78, 5) is 12.2. The number of rotatable bonds is 4. The molecule has 0 spiro atoms. The van der Waals surface area contributed by atoms with Crippen LogP contribution in [0.2, 0.25) is 0 Å². The standard InChI is InChI=1S/C22H23F2N3O2/c1-13-2-5-15-12-27(26-20(15)8-13)17-6-3-14(4-7-17)11-25-22(29)16-9-18(23)21(28)19(24)10-16/h2,5,8-10,12,14,17,28H,3-4,6-7,11H2,1H3,(H,25,29)/t14-,17-. The monoisotopic (exact) mass is 399 g/mol. The van der Waals surface area contributed by atoms with Gasteiger partial charge in [0.05, 0.1) is 11.6 Å². The van der Waals surface area contributed by atoms with Crippen LogP contribution in [0.4, 0.5) is 8.78 Å². The zero-order valence-electron chi connectivity index (χ0n) is 16.2. The molecule has 0 bridgehead atoms. The summed E-state index contributed by atoms with van der Waals surface area (Å²) in [5.74, 6) is -3.58. The number of aromatic nitrogens is 2. The molecule has 3 aromatic rings. The summed E-state index contributed by atoms with van der Waals surface area (Å²) >= 11 is 0. The van der Waals surface area contributed by atoms with E-state index in [0.29, 0.717) is 18.5 Å². The molecule has 2 N–H and O–H groups in total. The molecule has 2 aromatic carbocycles. The molecule has 1 saturated carbocycles. The number of aryl methyl sites for hydroxylation is 1. The van der Waals surface area contributed by atoms with Crippen LogP contribution in [0.5, 0.6) is 5.75 Å². The quantitative estimate of drug-likeness (QED) is 0.679. The summed E-state index contributed by atoms with van der Waals surface area (Å²) in [6.07, 6.45) is 5.92. The van der Waals surface area contributed by atoms with Crippen LogP contribution >= 0.6 is 0 Å². The zero-order valence-corrected chi connectivity index (χ0v) is 16.2. The minimum absolute atomic E-state index is 0.134. The van der Waals surface area contributed by atoms with Crippen LogP contribution in [0.1, 0.15) is 47.6 Å². The van der Waals surface area contributed by atoms with Gasteiger partial charge in [0, 0.05) is 23.7 Å². The van der Waals surface area contributed by atoms with E-state index in [1.807, 2.05) is 0 Å². The van der Waals surface area contributed by atoms with E-state index in [-0.39, 0.29) is 5.56 Å². The summed E-state index contributed by atoms with van der Waals surface area (Å²) < 4.78 is 28.9. The predicted molar refractivity (Wildman–Crippen MR) is 106 cm³/mol. The van der Waals surface area contributed by atoms with E-state index in [2.05, 4.69) is 41.3 Å². The minimum Gasteiger partial charge on any atom is -0.503 e. The van der Waals surface area contributed by atoms with Crippen molar-refractivity contribution in [2.24, 2.45) is 5.92 Å². The maximum atomic E-state index is 13.4. The van der Waals surface area contributed by atoms with Crippen LogP contribution in [0, 0.1) is 24.5 Å². The van der Waals surface area contributed by atoms with E-state index in [4.69, 9.17) is 10.2 Å². The molecule has 1 aliphatic carbocycles. The van der Waals surface area contributed by atoms with Crippen molar-refractivity contribution in [1.29, 1.82) is 0 Å². The third kappa shape index (κ3) is 4.09. The number of aromatic hydroxyl groups is 1. The van der Waals surface area contributed by atoms with Crippen LogP contribution in [0.25, 0.3) is 10.9 Å². The van der Waals surface area contributed by atoms with Gasteiger partial charge in [0.1, 0.15) is 0 Å². The van der Waals surface area contributed by atoms with Gasteiger partial charge < -0.3 is 10.4 Å². The van der Waals surface area contributed by atoms with Crippen LogP contribution < -0.4 is 5.32 Å². The van der Waals surface area contributed by atoms with Crippen LogP contribution in [-0.4, -0.2) is 27.3 Å². The molecular weight excluding hydrogens is 376 g/mol. The fourth-order valence-corrected chi connectivity index (χ4v) is 3.98. The van der Waals surface area contributed by atoms with Gasteiger partial charge in [-0.2, -0.15) is 5.10 Å². The van der Waals surface area contributed by atoms with Gasteiger partial charge >= 0.3 is 0 Å². The number of nitrogens with zero attached hydrogens (tertiary/aromatic N) is 2. The second-order valence-corrected chi connectivity index (χ2v) is 7.84. The SMILES string of the molecule is Cc1ccc2cn([C@H]3CC[C@H](CNC(=O)c4cc(F)c(O)c(F)c4)CC3)nc2c1. The highest BCUT2D eigenvalue weighted by atomic mass is 19.1. The molecule has 1 amide bonds. The second-order valence-electron chi connectivity index (χ2n) is 7.84. The lowest BCUT2D eigenvalue weighted by molar-refractivity contribution is 0.0940. The maximum Gasteiger partial charge on any atom is 0.251 e. The molecule has 1 aromatic heterocycles. The van der Waals surface area contributed by atoms with Crippen LogP contribution in [0.3, 0.4) is 0 Å². The fourth-order valence-electron chi connectivity index (χ4n) is 3.98. The lowest BCUT2D eigenvalue weighted by Gasteiger charge is -2.28. The summed E-state index contributed by atoms with van der Waals surface area (Å²) in [5, 5.41) is 17.7. The van der Waals surface area contributed by atoms with Crippen molar-refractivity contribution in [2.45, 2.75) is 38.6 Å². The molecule has 0 unspecified atom stereocenters. The Bertz CT molecular complexity index is 1030. The molecule has 1 fully saturated rings. The normalized spacial score (nSPS) is 19.4. The molecule has 7 heteroatoms. The molecular formula is C22H23F2N3O2. The Kier molecular flexibility index (Phi) is 5.22. The lowest BCUT2D eigenvalue weighted by atomic mass is 9.86. The largest absolute Gasteiger partial charge is 0.503 e. The maximum absolute atomic E-state index is 13.4. The average molecular weight is 399 g/mol. The highest BCUT2D eigenvalue weighted by Gasteiger charge is 2.24. The number of nitrogens with one attached hydrogen (secondary N) is 1. The number of hydrogen-bond donors (Lipinski definition) is 2. The third-order valence-corrected chi connectivity index (χ3v) is 5.70. The Morgan fingerprint density at radius 1 is 1.17 bits per heavy atom. The topological polar surface area (TPSA) is 67.2 Å². The van der Waals surface area contributed by atoms with E-state index < -0.39 is 23.3 Å². The lowest BCUT2D eigenvalue weighted by Crippen LogP contribution is -2.31. The molecule has 29 heavy (non-hydrogen) atoms. The first-order valence-electron chi connectivity index (χ1n) is 9.82. The fraction of sp³-hybridized carbons (Fsp3) is 0.364. The van der Waals surface area contributed by atoms with Crippen molar-refractivity contribution in [3.63, 3.8) is 0 Å². The van der Waals surface area contributed by atoms with Gasteiger partial charge in [-0.25, -0.2) is 8.78 Å². The first kappa shape index (κ1) is 19.4. The van der Waals surface area contributed by atoms with Gasteiger partial charge in [-0.15, -0.1) is 0 Å². The first-order chi connectivity index (χ1) is 13.9. The first-order valence-corrected chi connectivity index (χ1v) is 9.82.